The van der Waals surface area contributed by atoms with E-state index in [0.717, 1.165) is 13.1 Å². The first kappa shape index (κ1) is 29.6. The molecule has 0 bridgehead atoms. The first-order valence-electron chi connectivity index (χ1n) is 12.7. The molecule has 0 spiro atoms. The molecule has 1 aliphatic heterocycles. The van der Waals surface area contributed by atoms with Crippen molar-refractivity contribution in [3.63, 3.8) is 0 Å². The minimum absolute atomic E-state index is 0.0262. The minimum atomic E-state index is -4.40. The zero-order chi connectivity index (χ0) is 29.2. The molecule has 1 saturated heterocycles. The summed E-state index contributed by atoms with van der Waals surface area (Å²) in [7, 11) is -3.96. The molecule has 2 aromatic carbocycles. The van der Waals surface area contributed by atoms with Crippen LogP contribution < -0.4 is 5.32 Å². The fourth-order valence-corrected chi connectivity index (χ4v) is 6.47. The Hall–Kier alpha value is -3.35. The maximum atomic E-state index is 13.6. The van der Waals surface area contributed by atoms with E-state index in [1.807, 2.05) is 0 Å². The van der Waals surface area contributed by atoms with Crippen molar-refractivity contribution in [2.24, 2.45) is 5.92 Å². The molecule has 0 aliphatic carbocycles. The molecule has 2 atom stereocenters. The Kier molecular flexibility index (Phi) is 8.62. The van der Waals surface area contributed by atoms with Crippen molar-refractivity contribution in [1.29, 1.82) is 5.41 Å². The summed E-state index contributed by atoms with van der Waals surface area (Å²) in [6.07, 6.45) is -0.504. The van der Waals surface area contributed by atoms with Crippen LogP contribution in [0, 0.1) is 31.0 Å². The topological polar surface area (TPSA) is 89.4 Å². The number of aromatic nitrogens is 1. The summed E-state index contributed by atoms with van der Waals surface area (Å²) >= 11 is 0. The van der Waals surface area contributed by atoms with Crippen molar-refractivity contribution in [2.45, 2.75) is 37.9 Å². The van der Waals surface area contributed by atoms with Crippen LogP contribution in [-0.4, -0.2) is 61.2 Å². The molecule has 1 aromatic heterocycles. The molecule has 0 amide bonds. The summed E-state index contributed by atoms with van der Waals surface area (Å²) in [6.45, 7) is 4.33. The summed E-state index contributed by atoms with van der Waals surface area (Å²) in [6, 6.07) is 10.1. The number of aryl methyl sites for hydroxylation is 2. The average Bonchev–Trinajstić information content (AvgIpc) is 2.90. The maximum absolute atomic E-state index is 13.6. The molecule has 214 valence electrons. The lowest BCUT2D eigenvalue weighted by molar-refractivity contribution is -0.176. The second-order valence-corrected chi connectivity index (χ2v) is 11.9. The zero-order valence-electron chi connectivity index (χ0n) is 22.3. The van der Waals surface area contributed by atoms with Crippen LogP contribution in [0.15, 0.2) is 59.8 Å². The van der Waals surface area contributed by atoms with E-state index in [4.69, 9.17) is 5.41 Å². The van der Waals surface area contributed by atoms with Gasteiger partial charge in [-0.15, -0.1) is 0 Å². The molecule has 0 saturated carbocycles. The van der Waals surface area contributed by atoms with Crippen LogP contribution in [-0.2, 0) is 10.0 Å². The molecular weight excluding hydrogens is 546 g/mol. The van der Waals surface area contributed by atoms with Gasteiger partial charge in [0.05, 0.1) is 5.92 Å². The summed E-state index contributed by atoms with van der Waals surface area (Å²) in [5, 5.41) is 11.1. The van der Waals surface area contributed by atoms with Gasteiger partial charge in [-0.2, -0.15) is 17.5 Å². The number of benzene rings is 2. The van der Waals surface area contributed by atoms with E-state index in [0.29, 0.717) is 33.6 Å². The number of alkyl halides is 3. The number of rotatable bonds is 8. The monoisotopic (exact) mass is 577 g/mol. The summed E-state index contributed by atoms with van der Waals surface area (Å²) in [5.74, 6) is -2.02. The Labute approximate surface area is 231 Å². The highest BCUT2D eigenvalue weighted by Crippen LogP contribution is 2.36. The third-order valence-corrected chi connectivity index (χ3v) is 9.20. The summed E-state index contributed by atoms with van der Waals surface area (Å²) in [5.41, 5.74) is 3.47. The first-order chi connectivity index (χ1) is 18.8. The highest BCUT2D eigenvalue weighted by molar-refractivity contribution is 7.89. The smallest absolute Gasteiger partial charge is 0.355 e. The number of hydrogen-bond donors (Lipinski definition) is 2. The number of sulfonamides is 1. The van der Waals surface area contributed by atoms with E-state index in [-0.39, 0.29) is 31.1 Å². The molecule has 1 unspecified atom stereocenters. The molecule has 1 fully saturated rings. The highest BCUT2D eigenvalue weighted by atomic mass is 32.2. The molecule has 4 rings (SSSR count). The van der Waals surface area contributed by atoms with E-state index in [2.05, 4.69) is 10.3 Å². The van der Waals surface area contributed by atoms with Crippen LogP contribution in [0.5, 0.6) is 0 Å². The van der Waals surface area contributed by atoms with Crippen molar-refractivity contribution >= 4 is 27.6 Å². The third kappa shape index (κ3) is 6.34. The number of pyridine rings is 1. The largest absolute Gasteiger partial charge is 0.392 e. The normalized spacial score (nSPS) is 17.9. The Balaban J connectivity index is 1.73. The van der Waals surface area contributed by atoms with Crippen molar-refractivity contribution in [3.05, 3.63) is 82.9 Å². The fourth-order valence-electron chi connectivity index (χ4n) is 4.86. The number of piperazine rings is 1. The molecule has 0 radical (unpaired) electrons. The van der Waals surface area contributed by atoms with Crippen LogP contribution >= 0.6 is 0 Å². The van der Waals surface area contributed by atoms with E-state index in [1.54, 1.807) is 49.1 Å². The van der Waals surface area contributed by atoms with Crippen molar-refractivity contribution < 1.29 is 26.0 Å². The lowest BCUT2D eigenvalue weighted by Gasteiger charge is -2.43. The number of nitrogens with zero attached hydrogens (tertiary/aromatic N) is 3. The van der Waals surface area contributed by atoms with Gasteiger partial charge in [0.2, 0.25) is 10.0 Å². The molecule has 2 N–H and O–H groups in total. The Morgan fingerprint density at radius 3 is 2.45 bits per heavy atom. The van der Waals surface area contributed by atoms with Gasteiger partial charge in [0.1, 0.15) is 10.7 Å². The van der Waals surface area contributed by atoms with E-state index in [1.165, 1.54) is 28.8 Å². The van der Waals surface area contributed by atoms with Gasteiger partial charge in [-0.3, -0.25) is 9.88 Å². The Morgan fingerprint density at radius 2 is 1.82 bits per heavy atom. The number of anilines is 2. The van der Waals surface area contributed by atoms with Crippen molar-refractivity contribution in [2.75, 3.05) is 31.5 Å². The van der Waals surface area contributed by atoms with Crippen LogP contribution in [0.2, 0.25) is 0 Å². The van der Waals surface area contributed by atoms with Crippen LogP contribution in [0.4, 0.5) is 28.9 Å². The second-order valence-electron chi connectivity index (χ2n) is 10.0. The van der Waals surface area contributed by atoms with Gasteiger partial charge in [-0.25, -0.2) is 12.8 Å². The highest BCUT2D eigenvalue weighted by Gasteiger charge is 2.41. The van der Waals surface area contributed by atoms with E-state index < -0.39 is 34.0 Å². The van der Waals surface area contributed by atoms with Crippen molar-refractivity contribution in [3.8, 4) is 0 Å². The van der Waals surface area contributed by atoms with Crippen LogP contribution in [0.1, 0.15) is 35.2 Å². The predicted molar refractivity (Wildman–Crippen MR) is 146 cm³/mol. The molecule has 2 heterocycles. The average molecular weight is 578 g/mol. The third-order valence-electron chi connectivity index (χ3n) is 7.21. The SMILES string of the molecule is Cc1cc(Nc2ccc(F)cc2)c(C=N)cc1[C@@H]1CN(S(=O)(=O)c2cnccc2C)CCN1CC(C)C(F)(F)F. The predicted octanol–water partition coefficient (Wildman–Crippen LogP) is 5.82. The van der Waals surface area contributed by atoms with E-state index >= 15 is 0 Å². The van der Waals surface area contributed by atoms with Crippen molar-refractivity contribution in [1.82, 2.24) is 14.2 Å². The fraction of sp³-hybridized carbons (Fsp3) is 0.357. The van der Waals surface area contributed by atoms with E-state index in [9.17, 15) is 26.0 Å². The van der Waals surface area contributed by atoms with Gasteiger partial charge >= 0.3 is 6.18 Å². The van der Waals surface area contributed by atoms with Crippen LogP contribution in [0.3, 0.4) is 0 Å². The van der Waals surface area contributed by atoms with Gasteiger partial charge in [0.15, 0.2) is 0 Å². The first-order valence-corrected chi connectivity index (χ1v) is 14.1. The summed E-state index contributed by atoms with van der Waals surface area (Å²) in [4.78, 5) is 5.68. The Morgan fingerprint density at radius 1 is 1.12 bits per heavy atom. The lowest BCUT2D eigenvalue weighted by atomic mass is 9.94. The number of hydrogen-bond acceptors (Lipinski definition) is 6. The molecule has 7 nitrogen and oxygen atoms in total. The van der Waals surface area contributed by atoms with Gasteiger partial charge in [0, 0.05) is 67.8 Å². The zero-order valence-corrected chi connectivity index (χ0v) is 23.2. The standard InChI is InChI=1S/C28H31F4N5O2S/c1-18-8-9-34-15-27(18)40(38,39)37-11-10-36(16-20(3)28(30,31)32)26(17-37)24-13-21(14-33)25(12-19(24)2)35-23-6-4-22(29)5-7-23/h4-9,12-15,20,26,33,35H,10-11,16-17H2,1-3H3/t20?,26-/m0/s1. The molecule has 40 heavy (non-hydrogen) atoms. The molecule has 1 aliphatic rings. The van der Waals surface area contributed by atoms with Gasteiger partial charge in [-0.1, -0.05) is 6.92 Å². The molecule has 12 heteroatoms. The maximum Gasteiger partial charge on any atom is 0.392 e. The minimum Gasteiger partial charge on any atom is -0.355 e. The van der Waals surface area contributed by atoms with Gasteiger partial charge in [-0.05, 0) is 73.0 Å². The quantitative estimate of drug-likeness (QED) is 0.260. The second kappa shape index (κ2) is 11.6. The Bertz CT molecular complexity index is 1480. The number of halogens is 4. The number of nitrogens with one attached hydrogen (secondary N) is 2. The summed E-state index contributed by atoms with van der Waals surface area (Å²) < 4.78 is 82.4. The molecule has 3 aromatic rings. The van der Waals surface area contributed by atoms with Gasteiger partial charge < -0.3 is 10.7 Å². The van der Waals surface area contributed by atoms with Crippen LogP contribution in [0.25, 0.3) is 0 Å². The van der Waals surface area contributed by atoms with Gasteiger partial charge in [0.25, 0.3) is 0 Å². The molecular formula is C28H31F4N5O2S. The lowest BCUT2D eigenvalue weighted by Crippen LogP contribution is -2.52.